The minimum Gasteiger partial charge on any atom is -0.465 e. The summed E-state index contributed by atoms with van der Waals surface area (Å²) in [6, 6.07) is 12.0. The number of hydrogen-bond acceptors (Lipinski definition) is 8. The number of morpholine rings is 1. The zero-order chi connectivity index (χ0) is 24.9. The molecule has 2 aromatic heterocycles. The number of rotatable bonds is 7. The van der Waals surface area contributed by atoms with Crippen molar-refractivity contribution in [1.82, 2.24) is 9.55 Å². The largest absolute Gasteiger partial charge is 0.465 e. The summed E-state index contributed by atoms with van der Waals surface area (Å²) >= 11 is 0. The van der Waals surface area contributed by atoms with Gasteiger partial charge in [0.2, 0.25) is 5.78 Å². The van der Waals surface area contributed by atoms with Gasteiger partial charge in [0, 0.05) is 41.9 Å². The average Bonchev–Trinajstić information content (AvgIpc) is 3.20. The van der Waals surface area contributed by atoms with Crippen molar-refractivity contribution in [2.45, 2.75) is 13.8 Å². The third-order valence-corrected chi connectivity index (χ3v) is 5.93. The second-order valence-electron chi connectivity index (χ2n) is 8.13. The van der Waals surface area contributed by atoms with Crippen LogP contribution in [0.1, 0.15) is 42.5 Å². The number of pyridine rings is 1. The molecule has 1 fully saturated rings. The van der Waals surface area contributed by atoms with Crippen LogP contribution >= 0.6 is 0 Å². The molecule has 0 amide bonds. The van der Waals surface area contributed by atoms with Crippen LogP contribution in [0.15, 0.2) is 48.7 Å². The quantitative estimate of drug-likeness (QED) is 0.378. The SMILES string of the molecule is COC(=O)c1ccc(-n2c(C)cc(C(=O)COC(=O)c3cccnc3N3CCOCC3)c2C)cc1. The van der Waals surface area contributed by atoms with Gasteiger partial charge in [0.1, 0.15) is 11.4 Å². The highest BCUT2D eigenvalue weighted by atomic mass is 16.5. The number of aromatic nitrogens is 2. The van der Waals surface area contributed by atoms with Gasteiger partial charge in [-0.1, -0.05) is 0 Å². The monoisotopic (exact) mass is 477 g/mol. The van der Waals surface area contributed by atoms with E-state index < -0.39 is 11.9 Å². The number of aryl methyl sites for hydroxylation is 1. The first kappa shape index (κ1) is 24.2. The van der Waals surface area contributed by atoms with Gasteiger partial charge in [-0.15, -0.1) is 0 Å². The molecule has 0 unspecified atom stereocenters. The van der Waals surface area contributed by atoms with Crippen LogP contribution in [0.3, 0.4) is 0 Å². The van der Waals surface area contributed by atoms with E-state index in [1.54, 1.807) is 48.7 Å². The highest BCUT2D eigenvalue weighted by molar-refractivity contribution is 6.01. The van der Waals surface area contributed by atoms with Crippen LogP contribution in [0.5, 0.6) is 0 Å². The molecule has 35 heavy (non-hydrogen) atoms. The minimum absolute atomic E-state index is 0.305. The molecule has 9 nitrogen and oxygen atoms in total. The molecule has 1 aliphatic rings. The van der Waals surface area contributed by atoms with Crippen molar-refractivity contribution in [2.75, 3.05) is 44.9 Å². The molecule has 182 valence electrons. The van der Waals surface area contributed by atoms with Crippen LogP contribution in [0.25, 0.3) is 5.69 Å². The predicted octanol–water partition coefficient (Wildman–Crippen LogP) is 3.15. The van der Waals surface area contributed by atoms with E-state index >= 15 is 0 Å². The standard InChI is InChI=1S/C26H27N3O6/c1-17-15-22(18(2)29(17)20-8-6-19(7-9-20)25(31)33-3)23(30)16-35-26(32)21-5-4-10-27-24(21)28-11-13-34-14-12-28/h4-10,15H,11-14,16H2,1-3H3. The molecule has 0 N–H and O–H groups in total. The van der Waals surface area contributed by atoms with Crippen LogP contribution in [0.2, 0.25) is 0 Å². The lowest BCUT2D eigenvalue weighted by atomic mass is 10.1. The Morgan fingerprint density at radius 3 is 2.40 bits per heavy atom. The lowest BCUT2D eigenvalue weighted by Crippen LogP contribution is -2.37. The topological polar surface area (TPSA) is 100.0 Å². The fraction of sp³-hybridized carbons (Fsp3) is 0.308. The molecule has 0 atom stereocenters. The lowest BCUT2D eigenvalue weighted by Gasteiger charge is -2.28. The maximum atomic E-state index is 13.0. The third kappa shape index (κ3) is 5.09. The first-order chi connectivity index (χ1) is 16.9. The normalized spacial score (nSPS) is 13.4. The first-order valence-electron chi connectivity index (χ1n) is 11.3. The Balaban J connectivity index is 1.48. The summed E-state index contributed by atoms with van der Waals surface area (Å²) in [5.41, 5.74) is 3.57. The van der Waals surface area contributed by atoms with Crippen LogP contribution in [-0.2, 0) is 14.2 Å². The fourth-order valence-corrected chi connectivity index (χ4v) is 4.18. The van der Waals surface area contributed by atoms with Crippen LogP contribution in [0.4, 0.5) is 5.82 Å². The van der Waals surface area contributed by atoms with Gasteiger partial charge in [-0.05, 0) is 56.3 Å². The molecular weight excluding hydrogens is 450 g/mol. The molecule has 1 aliphatic heterocycles. The summed E-state index contributed by atoms with van der Waals surface area (Å²) in [5.74, 6) is -0.789. The fourth-order valence-electron chi connectivity index (χ4n) is 4.18. The molecule has 0 radical (unpaired) electrons. The summed E-state index contributed by atoms with van der Waals surface area (Å²) < 4.78 is 17.4. The Kier molecular flexibility index (Phi) is 7.26. The van der Waals surface area contributed by atoms with E-state index in [1.165, 1.54) is 7.11 Å². The third-order valence-electron chi connectivity index (χ3n) is 5.93. The number of carbonyl (C=O) groups excluding carboxylic acids is 3. The van der Waals surface area contributed by atoms with Gasteiger partial charge in [0.25, 0.3) is 0 Å². The average molecular weight is 478 g/mol. The van der Waals surface area contributed by atoms with E-state index in [4.69, 9.17) is 14.2 Å². The van der Waals surface area contributed by atoms with Crippen molar-refractivity contribution in [3.05, 3.63) is 76.7 Å². The second kappa shape index (κ2) is 10.5. The Labute approximate surface area is 203 Å². The molecule has 1 saturated heterocycles. The number of ketones is 1. The molecule has 9 heteroatoms. The Hall–Kier alpha value is -3.98. The number of nitrogens with zero attached hydrogens (tertiary/aromatic N) is 3. The zero-order valence-corrected chi connectivity index (χ0v) is 19.9. The number of hydrogen-bond donors (Lipinski definition) is 0. The maximum absolute atomic E-state index is 13.0. The van der Waals surface area contributed by atoms with Crippen LogP contribution in [0, 0.1) is 13.8 Å². The zero-order valence-electron chi connectivity index (χ0n) is 19.9. The molecule has 0 saturated carbocycles. The second-order valence-corrected chi connectivity index (χ2v) is 8.13. The van der Waals surface area contributed by atoms with Gasteiger partial charge >= 0.3 is 11.9 Å². The number of methoxy groups -OCH3 is 1. The minimum atomic E-state index is -0.597. The smallest absolute Gasteiger partial charge is 0.342 e. The molecule has 0 bridgehead atoms. The van der Waals surface area contributed by atoms with Gasteiger partial charge in [-0.3, -0.25) is 4.79 Å². The van der Waals surface area contributed by atoms with E-state index in [2.05, 4.69) is 4.98 Å². The van der Waals surface area contributed by atoms with E-state index in [0.29, 0.717) is 54.5 Å². The number of anilines is 1. The molecule has 0 aliphatic carbocycles. The van der Waals surface area contributed by atoms with Crippen molar-refractivity contribution >= 4 is 23.5 Å². The number of benzene rings is 1. The molecule has 4 rings (SSSR count). The summed E-state index contributed by atoms with van der Waals surface area (Å²) in [5, 5.41) is 0. The van der Waals surface area contributed by atoms with E-state index in [9.17, 15) is 14.4 Å². The van der Waals surface area contributed by atoms with E-state index in [1.807, 2.05) is 23.3 Å². The predicted molar refractivity (Wildman–Crippen MR) is 128 cm³/mol. The summed E-state index contributed by atoms with van der Waals surface area (Å²) in [4.78, 5) is 43.8. The van der Waals surface area contributed by atoms with Crippen LogP contribution < -0.4 is 4.90 Å². The summed E-state index contributed by atoms with van der Waals surface area (Å²) in [7, 11) is 1.33. The Morgan fingerprint density at radius 1 is 1.00 bits per heavy atom. The van der Waals surface area contributed by atoms with E-state index in [0.717, 1.165) is 11.4 Å². The lowest BCUT2D eigenvalue weighted by molar-refractivity contribution is 0.0474. The van der Waals surface area contributed by atoms with Crippen LogP contribution in [-0.4, -0.2) is 67.3 Å². The number of carbonyl (C=O) groups is 3. The van der Waals surface area contributed by atoms with Gasteiger partial charge in [-0.25, -0.2) is 14.6 Å². The number of ether oxygens (including phenoxy) is 3. The first-order valence-corrected chi connectivity index (χ1v) is 11.3. The highest BCUT2D eigenvalue weighted by Gasteiger charge is 2.23. The van der Waals surface area contributed by atoms with Gasteiger partial charge in [0.15, 0.2) is 6.61 Å². The maximum Gasteiger partial charge on any atom is 0.342 e. The molecule has 0 spiro atoms. The van der Waals surface area contributed by atoms with Gasteiger partial charge in [0.05, 0.1) is 25.9 Å². The molecule has 3 aromatic rings. The Morgan fingerprint density at radius 2 is 1.71 bits per heavy atom. The van der Waals surface area contributed by atoms with Crippen molar-refractivity contribution in [1.29, 1.82) is 0 Å². The molecule has 1 aromatic carbocycles. The van der Waals surface area contributed by atoms with Crippen molar-refractivity contribution in [3.8, 4) is 5.69 Å². The van der Waals surface area contributed by atoms with Crippen molar-refractivity contribution < 1.29 is 28.6 Å². The van der Waals surface area contributed by atoms with Gasteiger partial charge in [-0.2, -0.15) is 0 Å². The molecular formula is C26H27N3O6. The number of esters is 2. The number of Topliss-reactive ketones (excluding diaryl/α,β-unsaturated/α-hetero) is 1. The van der Waals surface area contributed by atoms with Crippen molar-refractivity contribution in [3.63, 3.8) is 0 Å². The summed E-state index contributed by atoms with van der Waals surface area (Å²) in [6.07, 6.45) is 1.62. The van der Waals surface area contributed by atoms with Crippen molar-refractivity contribution in [2.24, 2.45) is 0 Å². The summed E-state index contributed by atoms with van der Waals surface area (Å²) in [6.45, 7) is 5.70. The van der Waals surface area contributed by atoms with Gasteiger partial charge < -0.3 is 23.7 Å². The van der Waals surface area contributed by atoms with E-state index in [-0.39, 0.29) is 12.4 Å². The highest BCUT2D eigenvalue weighted by Crippen LogP contribution is 2.23. The Bertz CT molecular complexity index is 1240. The molecule has 3 heterocycles.